The second-order valence-electron chi connectivity index (χ2n) is 5.08. The Bertz CT molecular complexity index is 859. The average molecular weight is 325 g/mol. The van der Waals surface area contributed by atoms with E-state index >= 15 is 0 Å². The van der Waals surface area contributed by atoms with Crippen molar-refractivity contribution in [2.45, 2.75) is 26.8 Å². The number of nitrogens with zero attached hydrogens (tertiary/aromatic N) is 6. The number of nitriles is 1. The van der Waals surface area contributed by atoms with Crippen LogP contribution in [0.15, 0.2) is 24.7 Å². The molecule has 116 valence electrons. The fourth-order valence-corrected chi connectivity index (χ4v) is 2.76. The summed E-state index contributed by atoms with van der Waals surface area (Å²) >= 11 is 1.38. The first-order chi connectivity index (χ1) is 11.2. The Hall–Kier alpha value is -2.79. The minimum absolute atomic E-state index is 0.432. The molecule has 3 aromatic rings. The smallest absolute Gasteiger partial charge is 0.228 e. The van der Waals surface area contributed by atoms with E-state index in [-0.39, 0.29) is 0 Å². The summed E-state index contributed by atoms with van der Waals surface area (Å²) in [5, 5.41) is 17.0. The van der Waals surface area contributed by atoms with Gasteiger partial charge in [0.15, 0.2) is 0 Å². The molecule has 0 aliphatic rings. The van der Waals surface area contributed by atoms with Crippen LogP contribution in [0, 0.1) is 25.2 Å². The zero-order valence-corrected chi connectivity index (χ0v) is 13.6. The molecule has 0 amide bonds. The minimum Gasteiger partial charge on any atom is -0.314 e. The average Bonchev–Trinajstić information content (AvgIpc) is 3.16. The Morgan fingerprint density at radius 1 is 1.35 bits per heavy atom. The van der Waals surface area contributed by atoms with Crippen LogP contribution in [0.2, 0.25) is 0 Å². The van der Waals surface area contributed by atoms with E-state index in [1.165, 1.54) is 11.5 Å². The Morgan fingerprint density at radius 3 is 2.96 bits per heavy atom. The third-order valence-corrected chi connectivity index (χ3v) is 3.99. The van der Waals surface area contributed by atoms with Gasteiger partial charge >= 0.3 is 0 Å². The van der Waals surface area contributed by atoms with E-state index < -0.39 is 0 Å². The van der Waals surface area contributed by atoms with E-state index in [1.807, 2.05) is 26.1 Å². The van der Waals surface area contributed by atoms with Crippen LogP contribution in [0.4, 0.5) is 10.9 Å². The second-order valence-corrected chi connectivity index (χ2v) is 5.89. The fraction of sp³-hybridized carbons (Fsp3) is 0.267. The zero-order chi connectivity index (χ0) is 16.2. The molecule has 0 aliphatic heterocycles. The number of anilines is 2. The highest BCUT2D eigenvalue weighted by atomic mass is 32.1. The van der Waals surface area contributed by atoms with E-state index in [1.54, 1.807) is 17.1 Å². The summed E-state index contributed by atoms with van der Waals surface area (Å²) in [6.45, 7) is 4.48. The number of aryl methyl sites for hydroxylation is 3. The van der Waals surface area contributed by atoms with Crippen LogP contribution in [0.3, 0.4) is 0 Å². The quantitative estimate of drug-likeness (QED) is 0.775. The Balaban J connectivity index is 1.85. The van der Waals surface area contributed by atoms with Gasteiger partial charge in [-0.25, -0.2) is 9.97 Å². The topological polar surface area (TPSA) is 92.3 Å². The third-order valence-electron chi connectivity index (χ3n) is 3.19. The van der Waals surface area contributed by atoms with Crippen LogP contribution in [-0.4, -0.2) is 24.1 Å². The molecule has 3 rings (SSSR count). The summed E-state index contributed by atoms with van der Waals surface area (Å²) in [5.74, 6) is 0.527. The predicted molar refractivity (Wildman–Crippen MR) is 88.4 cm³/mol. The summed E-state index contributed by atoms with van der Waals surface area (Å²) in [6, 6.07) is 4.07. The van der Waals surface area contributed by atoms with E-state index in [9.17, 15) is 0 Å². The van der Waals surface area contributed by atoms with Gasteiger partial charge in [0.05, 0.1) is 36.6 Å². The highest BCUT2D eigenvalue weighted by molar-refractivity contribution is 7.10. The highest BCUT2D eigenvalue weighted by Gasteiger charge is 2.10. The van der Waals surface area contributed by atoms with Crippen molar-refractivity contribution in [3.05, 3.63) is 35.9 Å². The van der Waals surface area contributed by atoms with Crippen molar-refractivity contribution >= 4 is 22.5 Å². The molecule has 0 saturated heterocycles. The number of hydrogen-bond acceptors (Lipinski definition) is 7. The Morgan fingerprint density at radius 2 is 2.22 bits per heavy atom. The predicted octanol–water partition coefficient (Wildman–Crippen LogP) is 3.07. The molecule has 0 bridgehead atoms. The van der Waals surface area contributed by atoms with Crippen molar-refractivity contribution < 1.29 is 0 Å². The zero-order valence-electron chi connectivity index (χ0n) is 12.8. The van der Waals surface area contributed by atoms with Gasteiger partial charge in [-0.15, -0.1) is 0 Å². The summed E-state index contributed by atoms with van der Waals surface area (Å²) < 4.78 is 5.98. The number of rotatable bonds is 5. The van der Waals surface area contributed by atoms with Gasteiger partial charge in [-0.1, -0.05) is 0 Å². The lowest BCUT2D eigenvalue weighted by molar-refractivity contribution is 0.628. The number of aromatic nitrogens is 5. The lowest BCUT2D eigenvalue weighted by Gasteiger charge is -2.06. The summed E-state index contributed by atoms with van der Waals surface area (Å²) in [4.78, 5) is 8.89. The van der Waals surface area contributed by atoms with Crippen LogP contribution in [0.5, 0.6) is 0 Å². The normalized spacial score (nSPS) is 10.5. The van der Waals surface area contributed by atoms with Crippen molar-refractivity contribution in [3.8, 4) is 17.3 Å². The second kappa shape index (κ2) is 6.54. The lowest BCUT2D eigenvalue weighted by Crippen LogP contribution is -1.99. The number of hydrogen-bond donors (Lipinski definition) is 1. The molecule has 0 atom stereocenters. The van der Waals surface area contributed by atoms with Gasteiger partial charge in [-0.2, -0.15) is 14.7 Å². The Kier molecular flexibility index (Phi) is 4.30. The summed E-state index contributed by atoms with van der Waals surface area (Å²) in [7, 11) is 0. The van der Waals surface area contributed by atoms with Gasteiger partial charge in [-0.05, 0) is 37.0 Å². The van der Waals surface area contributed by atoms with Crippen LogP contribution >= 0.6 is 11.5 Å². The van der Waals surface area contributed by atoms with E-state index in [0.29, 0.717) is 18.9 Å². The SMILES string of the molecule is Cc1cc(Nc2ncc(C)c(-c3cnn(CCC#N)c3)n2)sn1. The minimum atomic E-state index is 0.432. The maximum atomic E-state index is 8.65. The first-order valence-electron chi connectivity index (χ1n) is 7.09. The van der Waals surface area contributed by atoms with Crippen molar-refractivity contribution in [1.82, 2.24) is 24.1 Å². The van der Waals surface area contributed by atoms with Gasteiger partial charge in [0.25, 0.3) is 0 Å². The third kappa shape index (κ3) is 3.52. The summed E-state index contributed by atoms with van der Waals surface area (Å²) in [6.07, 6.45) is 5.87. The van der Waals surface area contributed by atoms with E-state index in [4.69, 9.17) is 5.26 Å². The molecule has 3 aromatic heterocycles. The standard InChI is InChI=1S/C15H15N7S/c1-10-7-17-15(19-13-6-11(2)21-23-13)20-14(10)12-8-18-22(9-12)5-3-4-16/h6-9H,3,5H2,1-2H3,(H,17,19,20). The van der Waals surface area contributed by atoms with Gasteiger partial charge in [0, 0.05) is 18.0 Å². The molecular weight excluding hydrogens is 310 g/mol. The fourth-order valence-electron chi connectivity index (χ4n) is 2.10. The molecule has 7 nitrogen and oxygen atoms in total. The molecule has 0 saturated carbocycles. The van der Waals surface area contributed by atoms with Gasteiger partial charge in [-0.3, -0.25) is 4.68 Å². The van der Waals surface area contributed by atoms with Crippen molar-refractivity contribution in [1.29, 1.82) is 5.26 Å². The monoisotopic (exact) mass is 325 g/mol. The van der Waals surface area contributed by atoms with Crippen LogP contribution < -0.4 is 5.32 Å². The maximum Gasteiger partial charge on any atom is 0.228 e. The first-order valence-corrected chi connectivity index (χ1v) is 7.87. The molecule has 0 aromatic carbocycles. The molecule has 0 aliphatic carbocycles. The van der Waals surface area contributed by atoms with Crippen LogP contribution in [0.25, 0.3) is 11.3 Å². The van der Waals surface area contributed by atoms with Crippen molar-refractivity contribution in [2.24, 2.45) is 0 Å². The van der Waals surface area contributed by atoms with Crippen LogP contribution in [-0.2, 0) is 6.54 Å². The van der Waals surface area contributed by atoms with E-state index in [2.05, 4.69) is 30.8 Å². The van der Waals surface area contributed by atoms with Crippen LogP contribution in [0.1, 0.15) is 17.7 Å². The van der Waals surface area contributed by atoms with E-state index in [0.717, 1.165) is 27.5 Å². The molecule has 1 N–H and O–H groups in total. The molecule has 0 fully saturated rings. The number of nitrogens with one attached hydrogen (secondary N) is 1. The molecule has 0 unspecified atom stereocenters. The molecule has 8 heteroatoms. The molecule has 0 spiro atoms. The molecule has 0 radical (unpaired) electrons. The van der Waals surface area contributed by atoms with Gasteiger partial charge in [0.1, 0.15) is 5.00 Å². The molecular formula is C15H15N7S. The highest BCUT2D eigenvalue weighted by Crippen LogP contribution is 2.24. The molecule has 3 heterocycles. The van der Waals surface area contributed by atoms with Crippen molar-refractivity contribution in [2.75, 3.05) is 5.32 Å². The first kappa shape index (κ1) is 15.1. The molecule has 23 heavy (non-hydrogen) atoms. The lowest BCUT2D eigenvalue weighted by atomic mass is 10.1. The largest absolute Gasteiger partial charge is 0.314 e. The van der Waals surface area contributed by atoms with Gasteiger partial charge in [0.2, 0.25) is 5.95 Å². The Labute approximate surface area is 137 Å². The van der Waals surface area contributed by atoms with Gasteiger partial charge < -0.3 is 5.32 Å². The van der Waals surface area contributed by atoms with Crippen molar-refractivity contribution in [3.63, 3.8) is 0 Å². The maximum absolute atomic E-state index is 8.65. The summed E-state index contributed by atoms with van der Waals surface area (Å²) in [5.41, 5.74) is 3.66.